The Morgan fingerprint density at radius 2 is 2.41 bits per heavy atom. The minimum atomic E-state index is 0.116. The van der Waals surface area contributed by atoms with Crippen LogP contribution in [0.1, 0.15) is 18.5 Å². The molecule has 0 radical (unpaired) electrons. The molecule has 1 saturated heterocycles. The molecule has 2 rings (SSSR count). The van der Waals surface area contributed by atoms with Gasteiger partial charge in [0.15, 0.2) is 0 Å². The summed E-state index contributed by atoms with van der Waals surface area (Å²) in [6, 6.07) is 3.93. The van der Waals surface area contributed by atoms with Gasteiger partial charge in [-0.3, -0.25) is 9.78 Å². The summed E-state index contributed by atoms with van der Waals surface area (Å²) in [5.74, 6) is 0.116. The Morgan fingerprint density at radius 3 is 2.94 bits per heavy atom. The number of aromatic nitrogens is 1. The summed E-state index contributed by atoms with van der Waals surface area (Å²) in [6.45, 7) is 0.649. The Kier molecular flexibility index (Phi) is 3.53. The number of pyridine rings is 1. The van der Waals surface area contributed by atoms with Gasteiger partial charge in [-0.1, -0.05) is 12.2 Å². The van der Waals surface area contributed by atoms with Crippen LogP contribution >= 0.6 is 12.2 Å². The Hall–Kier alpha value is -1.69. The van der Waals surface area contributed by atoms with Crippen LogP contribution in [0.15, 0.2) is 18.3 Å². The second kappa shape index (κ2) is 5.09. The van der Waals surface area contributed by atoms with Gasteiger partial charge >= 0.3 is 0 Å². The lowest BCUT2D eigenvalue weighted by molar-refractivity contribution is -0.122. The van der Waals surface area contributed by atoms with E-state index < -0.39 is 0 Å². The molecule has 1 atom stereocenters. The number of amides is 1. The Morgan fingerprint density at radius 1 is 1.59 bits per heavy atom. The van der Waals surface area contributed by atoms with Crippen LogP contribution in [-0.2, 0) is 4.79 Å². The van der Waals surface area contributed by atoms with Gasteiger partial charge in [-0.25, -0.2) is 0 Å². The van der Waals surface area contributed by atoms with Gasteiger partial charge < -0.3 is 16.4 Å². The molecule has 0 aliphatic carbocycles. The molecule has 6 heteroatoms. The lowest BCUT2D eigenvalue weighted by atomic mass is 10.1. The summed E-state index contributed by atoms with van der Waals surface area (Å²) in [5, 5.41) is 6.13. The van der Waals surface area contributed by atoms with E-state index in [-0.39, 0.29) is 11.9 Å². The number of hydrogen-bond acceptors (Lipinski definition) is 4. The molecule has 0 aromatic carbocycles. The highest BCUT2D eigenvalue weighted by Crippen LogP contribution is 2.12. The number of rotatable bonds is 3. The van der Waals surface area contributed by atoms with Crippen LogP contribution in [0.4, 0.5) is 5.69 Å². The first kappa shape index (κ1) is 11.8. The van der Waals surface area contributed by atoms with Crippen molar-refractivity contribution in [3.05, 3.63) is 24.0 Å². The first-order valence-corrected chi connectivity index (χ1v) is 5.85. The minimum Gasteiger partial charge on any atom is -0.388 e. The fraction of sp³-hybridized carbons (Fsp3) is 0.364. The Labute approximate surface area is 105 Å². The van der Waals surface area contributed by atoms with Gasteiger partial charge in [0.25, 0.3) is 0 Å². The second-order valence-electron chi connectivity index (χ2n) is 3.98. The van der Waals surface area contributed by atoms with E-state index in [2.05, 4.69) is 15.6 Å². The zero-order valence-electron chi connectivity index (χ0n) is 9.27. The largest absolute Gasteiger partial charge is 0.388 e. The normalized spacial score (nSPS) is 19.5. The lowest BCUT2D eigenvalue weighted by Gasteiger charge is -2.24. The van der Waals surface area contributed by atoms with Gasteiger partial charge in [-0.05, 0) is 18.6 Å². The topological polar surface area (TPSA) is 80.0 Å². The van der Waals surface area contributed by atoms with Crippen LogP contribution in [-0.4, -0.2) is 28.5 Å². The SMILES string of the molecule is NC(=S)c1ccc(NC2CCC(=O)NC2)cn1. The van der Waals surface area contributed by atoms with Gasteiger partial charge in [0.2, 0.25) is 5.91 Å². The molecule has 1 aromatic rings. The highest BCUT2D eigenvalue weighted by Gasteiger charge is 2.17. The summed E-state index contributed by atoms with van der Waals surface area (Å²) in [7, 11) is 0. The number of hydrogen-bond donors (Lipinski definition) is 3. The number of nitrogens with zero attached hydrogens (tertiary/aromatic N) is 1. The molecule has 0 spiro atoms. The molecule has 1 fully saturated rings. The van der Waals surface area contributed by atoms with E-state index in [4.69, 9.17) is 18.0 Å². The number of nitrogens with one attached hydrogen (secondary N) is 2. The average Bonchev–Trinajstić information content (AvgIpc) is 2.33. The number of carbonyl (C=O) groups excluding carboxylic acids is 1. The first-order chi connectivity index (χ1) is 8.15. The molecule has 5 nitrogen and oxygen atoms in total. The van der Waals surface area contributed by atoms with Crippen molar-refractivity contribution in [3.63, 3.8) is 0 Å². The van der Waals surface area contributed by atoms with Crippen LogP contribution in [0.5, 0.6) is 0 Å². The Balaban J connectivity index is 1.95. The van der Waals surface area contributed by atoms with E-state index in [1.807, 2.05) is 6.07 Å². The summed E-state index contributed by atoms with van der Waals surface area (Å²) >= 11 is 4.83. The number of piperidine rings is 1. The van der Waals surface area contributed by atoms with Gasteiger partial charge in [0.1, 0.15) is 4.99 Å². The number of carbonyl (C=O) groups is 1. The molecule has 1 aliphatic heterocycles. The van der Waals surface area contributed by atoms with Crippen molar-refractivity contribution in [1.29, 1.82) is 0 Å². The Bertz CT molecular complexity index is 422. The smallest absolute Gasteiger partial charge is 0.220 e. The summed E-state index contributed by atoms with van der Waals surface area (Å²) in [6.07, 6.45) is 3.10. The van der Waals surface area contributed by atoms with Crippen LogP contribution in [0.25, 0.3) is 0 Å². The molecule has 0 bridgehead atoms. The van der Waals surface area contributed by atoms with Crippen molar-refractivity contribution in [2.24, 2.45) is 5.73 Å². The van der Waals surface area contributed by atoms with E-state index in [9.17, 15) is 4.79 Å². The quantitative estimate of drug-likeness (QED) is 0.677. The monoisotopic (exact) mass is 250 g/mol. The lowest BCUT2D eigenvalue weighted by Crippen LogP contribution is -2.41. The van der Waals surface area contributed by atoms with Crippen molar-refractivity contribution in [2.45, 2.75) is 18.9 Å². The minimum absolute atomic E-state index is 0.116. The van der Waals surface area contributed by atoms with E-state index in [1.165, 1.54) is 0 Å². The van der Waals surface area contributed by atoms with Gasteiger partial charge in [0.05, 0.1) is 17.6 Å². The third kappa shape index (κ3) is 3.13. The number of anilines is 1. The van der Waals surface area contributed by atoms with Crippen LogP contribution < -0.4 is 16.4 Å². The van der Waals surface area contributed by atoms with Gasteiger partial charge in [-0.15, -0.1) is 0 Å². The highest BCUT2D eigenvalue weighted by molar-refractivity contribution is 7.80. The zero-order valence-corrected chi connectivity index (χ0v) is 10.1. The van der Waals surface area contributed by atoms with E-state index >= 15 is 0 Å². The second-order valence-corrected chi connectivity index (χ2v) is 4.42. The molecule has 0 saturated carbocycles. The summed E-state index contributed by atoms with van der Waals surface area (Å²) in [4.78, 5) is 15.4. The fourth-order valence-electron chi connectivity index (χ4n) is 1.72. The van der Waals surface area contributed by atoms with E-state index in [0.717, 1.165) is 12.1 Å². The summed E-state index contributed by atoms with van der Waals surface area (Å²) < 4.78 is 0. The molecular weight excluding hydrogens is 236 g/mol. The van der Waals surface area contributed by atoms with E-state index in [0.29, 0.717) is 23.6 Å². The zero-order chi connectivity index (χ0) is 12.3. The molecule has 2 heterocycles. The third-order valence-corrected chi connectivity index (χ3v) is 2.86. The van der Waals surface area contributed by atoms with Crippen molar-refractivity contribution >= 4 is 28.8 Å². The predicted molar refractivity (Wildman–Crippen MR) is 69.8 cm³/mol. The van der Waals surface area contributed by atoms with Gasteiger partial charge in [0, 0.05) is 19.0 Å². The predicted octanol–water partition coefficient (Wildman–Crippen LogP) is 0.406. The molecule has 90 valence electrons. The maximum absolute atomic E-state index is 11.0. The molecule has 1 unspecified atom stereocenters. The fourth-order valence-corrected chi connectivity index (χ4v) is 1.84. The maximum atomic E-state index is 11.0. The van der Waals surface area contributed by atoms with Crippen LogP contribution in [0.2, 0.25) is 0 Å². The molecule has 17 heavy (non-hydrogen) atoms. The van der Waals surface area contributed by atoms with Crippen LogP contribution in [0, 0.1) is 0 Å². The molecule has 1 aliphatic rings. The standard InChI is InChI=1S/C11H14N4OS/c12-11(17)9-3-1-7(5-13-9)15-8-2-4-10(16)14-6-8/h1,3,5,8,15H,2,4,6H2,(H2,12,17)(H,14,16). The van der Waals surface area contributed by atoms with Crippen molar-refractivity contribution in [2.75, 3.05) is 11.9 Å². The maximum Gasteiger partial charge on any atom is 0.220 e. The first-order valence-electron chi connectivity index (χ1n) is 5.44. The number of thiocarbonyl (C=S) groups is 1. The van der Waals surface area contributed by atoms with Crippen molar-refractivity contribution < 1.29 is 4.79 Å². The summed E-state index contributed by atoms with van der Waals surface area (Å²) in [5.41, 5.74) is 6.99. The van der Waals surface area contributed by atoms with Crippen molar-refractivity contribution in [1.82, 2.24) is 10.3 Å². The molecule has 4 N–H and O–H groups in total. The third-order valence-electron chi connectivity index (χ3n) is 2.65. The van der Waals surface area contributed by atoms with Gasteiger partial charge in [-0.2, -0.15) is 0 Å². The molecular formula is C11H14N4OS. The highest BCUT2D eigenvalue weighted by atomic mass is 32.1. The van der Waals surface area contributed by atoms with Crippen LogP contribution in [0.3, 0.4) is 0 Å². The molecule has 1 aromatic heterocycles. The van der Waals surface area contributed by atoms with E-state index in [1.54, 1.807) is 12.3 Å². The number of nitrogens with two attached hydrogens (primary N) is 1. The average molecular weight is 250 g/mol. The molecule has 1 amide bonds. The van der Waals surface area contributed by atoms with Crippen molar-refractivity contribution in [3.8, 4) is 0 Å².